The normalized spacial score (nSPS) is 22.3. The van der Waals surface area contributed by atoms with E-state index in [1.807, 2.05) is 0 Å². The Kier molecular flexibility index (Phi) is 2.05. The van der Waals surface area contributed by atoms with Crippen molar-refractivity contribution in [2.45, 2.75) is 50.6 Å². The lowest BCUT2D eigenvalue weighted by Crippen LogP contribution is -2.15. The minimum absolute atomic E-state index is 0.751. The van der Waals surface area contributed by atoms with Gasteiger partial charge in [0, 0.05) is 24.2 Å². The van der Waals surface area contributed by atoms with Gasteiger partial charge in [0.05, 0.1) is 5.69 Å². The summed E-state index contributed by atoms with van der Waals surface area (Å²) in [6.07, 6.45) is 6.75. The van der Waals surface area contributed by atoms with Crippen molar-refractivity contribution in [2.75, 3.05) is 0 Å². The van der Waals surface area contributed by atoms with Crippen molar-refractivity contribution < 1.29 is 0 Å². The quantitative estimate of drug-likeness (QED) is 0.763. The molecule has 0 aliphatic heterocycles. The fourth-order valence-electron chi connectivity index (χ4n) is 1.92. The molecule has 0 atom stereocenters. The van der Waals surface area contributed by atoms with E-state index in [4.69, 9.17) is 0 Å². The Morgan fingerprint density at radius 1 is 1.36 bits per heavy atom. The molecule has 2 fully saturated rings. The van der Waals surface area contributed by atoms with Gasteiger partial charge in [-0.15, -0.1) is 0 Å². The largest absolute Gasteiger partial charge is 0.308 e. The number of hydrogen-bond acceptors (Lipinski definition) is 2. The van der Waals surface area contributed by atoms with Crippen LogP contribution in [0.2, 0.25) is 0 Å². The Hall–Kier alpha value is -0.830. The summed E-state index contributed by atoms with van der Waals surface area (Å²) in [6.45, 7) is 0.963. The molecule has 2 aliphatic rings. The predicted molar refractivity (Wildman–Crippen MR) is 55.0 cm³/mol. The summed E-state index contributed by atoms with van der Waals surface area (Å²) in [5.41, 5.74) is 2.53. The molecule has 0 saturated heterocycles. The third kappa shape index (κ3) is 1.69. The smallest absolute Gasteiger partial charge is 0.0656 e. The first-order valence-corrected chi connectivity index (χ1v) is 5.69. The molecule has 2 saturated carbocycles. The molecule has 1 aromatic rings. The highest BCUT2D eigenvalue weighted by Crippen LogP contribution is 2.35. The standard InChI is InChI=1S/C11H17N3/c1-2-8(3-1)11-6-10(13-14-11)7-12-9-4-5-9/h6,8-9,12H,1-5,7H2,(H,13,14). The maximum atomic E-state index is 4.37. The summed E-state index contributed by atoms with van der Waals surface area (Å²) in [7, 11) is 0. The third-order valence-electron chi connectivity index (χ3n) is 3.33. The maximum absolute atomic E-state index is 4.37. The predicted octanol–water partition coefficient (Wildman–Crippen LogP) is 1.93. The van der Waals surface area contributed by atoms with Gasteiger partial charge in [-0.05, 0) is 31.7 Å². The average molecular weight is 191 g/mol. The van der Waals surface area contributed by atoms with Gasteiger partial charge in [-0.1, -0.05) is 6.42 Å². The van der Waals surface area contributed by atoms with Crippen LogP contribution in [0, 0.1) is 0 Å². The highest BCUT2D eigenvalue weighted by Gasteiger charge is 2.23. The lowest BCUT2D eigenvalue weighted by Gasteiger charge is -2.22. The van der Waals surface area contributed by atoms with Crippen molar-refractivity contribution in [3.63, 3.8) is 0 Å². The van der Waals surface area contributed by atoms with Crippen molar-refractivity contribution in [2.24, 2.45) is 0 Å². The van der Waals surface area contributed by atoms with Crippen molar-refractivity contribution in [3.8, 4) is 0 Å². The zero-order valence-electron chi connectivity index (χ0n) is 8.42. The van der Waals surface area contributed by atoms with E-state index in [9.17, 15) is 0 Å². The highest BCUT2D eigenvalue weighted by atomic mass is 15.1. The van der Waals surface area contributed by atoms with Crippen LogP contribution < -0.4 is 5.32 Å². The van der Waals surface area contributed by atoms with Crippen molar-refractivity contribution in [1.29, 1.82) is 0 Å². The summed E-state index contributed by atoms with van der Waals surface area (Å²) < 4.78 is 0. The summed E-state index contributed by atoms with van der Waals surface area (Å²) in [5, 5.41) is 11.0. The van der Waals surface area contributed by atoms with Gasteiger partial charge in [0.25, 0.3) is 0 Å². The number of nitrogens with zero attached hydrogens (tertiary/aromatic N) is 1. The lowest BCUT2D eigenvalue weighted by molar-refractivity contribution is 0.410. The SMILES string of the molecule is c1c(C2CCC2)n[nH]c1CNC1CC1. The number of nitrogens with one attached hydrogen (secondary N) is 2. The lowest BCUT2D eigenvalue weighted by atomic mass is 9.83. The molecule has 14 heavy (non-hydrogen) atoms. The first kappa shape index (κ1) is 8.48. The molecule has 76 valence electrons. The van der Waals surface area contributed by atoms with Gasteiger partial charge < -0.3 is 5.32 Å². The number of aromatic nitrogens is 2. The molecule has 3 heteroatoms. The van der Waals surface area contributed by atoms with Crippen molar-refractivity contribution in [1.82, 2.24) is 15.5 Å². The Balaban J connectivity index is 1.58. The van der Waals surface area contributed by atoms with Gasteiger partial charge in [-0.25, -0.2) is 0 Å². The molecule has 0 radical (unpaired) electrons. The number of H-pyrrole nitrogens is 1. The van der Waals surface area contributed by atoms with Gasteiger partial charge in [0.2, 0.25) is 0 Å². The second kappa shape index (κ2) is 3.39. The van der Waals surface area contributed by atoms with E-state index in [1.54, 1.807) is 0 Å². The highest BCUT2D eigenvalue weighted by molar-refractivity contribution is 5.15. The monoisotopic (exact) mass is 191 g/mol. The molecule has 0 amide bonds. The van der Waals surface area contributed by atoms with Crippen molar-refractivity contribution in [3.05, 3.63) is 17.5 Å². The molecule has 0 unspecified atom stereocenters. The van der Waals surface area contributed by atoms with E-state index >= 15 is 0 Å². The van der Waals surface area contributed by atoms with Crippen LogP contribution in [0.4, 0.5) is 0 Å². The molecule has 0 aromatic carbocycles. The second-order valence-corrected chi connectivity index (χ2v) is 4.60. The molecule has 2 aliphatic carbocycles. The maximum Gasteiger partial charge on any atom is 0.0656 e. The fourth-order valence-corrected chi connectivity index (χ4v) is 1.92. The molecule has 1 aromatic heterocycles. The van der Waals surface area contributed by atoms with Crippen LogP contribution in [0.5, 0.6) is 0 Å². The van der Waals surface area contributed by atoms with Crippen molar-refractivity contribution >= 4 is 0 Å². The van der Waals surface area contributed by atoms with E-state index in [2.05, 4.69) is 21.6 Å². The summed E-state index contributed by atoms with van der Waals surface area (Å²) in [6, 6.07) is 3.02. The number of hydrogen-bond donors (Lipinski definition) is 2. The Morgan fingerprint density at radius 3 is 2.86 bits per heavy atom. The molecular formula is C11H17N3. The third-order valence-corrected chi connectivity index (χ3v) is 3.33. The Bertz CT molecular complexity index is 310. The Labute approximate surface area is 84.3 Å². The first-order chi connectivity index (χ1) is 6.92. The van der Waals surface area contributed by atoms with Crippen LogP contribution >= 0.6 is 0 Å². The second-order valence-electron chi connectivity index (χ2n) is 4.60. The van der Waals surface area contributed by atoms with Crippen LogP contribution in [0.1, 0.15) is 49.4 Å². The fraction of sp³-hybridized carbons (Fsp3) is 0.727. The number of rotatable bonds is 4. The van der Waals surface area contributed by atoms with E-state index in [0.717, 1.165) is 18.5 Å². The summed E-state index contributed by atoms with van der Waals surface area (Å²) in [5.74, 6) is 0.751. The van der Waals surface area contributed by atoms with Crippen LogP contribution in [0.3, 0.4) is 0 Å². The van der Waals surface area contributed by atoms with E-state index in [-0.39, 0.29) is 0 Å². The van der Waals surface area contributed by atoms with E-state index < -0.39 is 0 Å². The summed E-state index contributed by atoms with van der Waals surface area (Å²) in [4.78, 5) is 0. The first-order valence-electron chi connectivity index (χ1n) is 5.69. The van der Waals surface area contributed by atoms with Gasteiger partial charge in [0.15, 0.2) is 0 Å². The zero-order chi connectivity index (χ0) is 9.38. The molecule has 2 N–H and O–H groups in total. The molecule has 0 bridgehead atoms. The van der Waals surface area contributed by atoms with Gasteiger partial charge in [-0.3, -0.25) is 5.10 Å². The molecule has 0 spiro atoms. The van der Waals surface area contributed by atoms with Crippen LogP contribution in [-0.2, 0) is 6.54 Å². The molecular weight excluding hydrogens is 174 g/mol. The number of aromatic amines is 1. The Morgan fingerprint density at radius 2 is 2.21 bits per heavy atom. The minimum atomic E-state index is 0.751. The van der Waals surface area contributed by atoms with Gasteiger partial charge in [-0.2, -0.15) is 5.10 Å². The topological polar surface area (TPSA) is 40.7 Å². The van der Waals surface area contributed by atoms with Gasteiger partial charge >= 0.3 is 0 Å². The molecule has 3 nitrogen and oxygen atoms in total. The van der Waals surface area contributed by atoms with E-state index in [1.165, 1.54) is 43.5 Å². The van der Waals surface area contributed by atoms with Crippen LogP contribution in [0.25, 0.3) is 0 Å². The van der Waals surface area contributed by atoms with Crippen LogP contribution in [0.15, 0.2) is 6.07 Å². The van der Waals surface area contributed by atoms with Crippen LogP contribution in [-0.4, -0.2) is 16.2 Å². The zero-order valence-corrected chi connectivity index (χ0v) is 8.42. The molecule has 3 rings (SSSR count). The van der Waals surface area contributed by atoms with Gasteiger partial charge in [0.1, 0.15) is 0 Å². The minimum Gasteiger partial charge on any atom is -0.308 e. The average Bonchev–Trinajstić information content (AvgIpc) is 2.82. The molecule has 1 heterocycles. The van der Waals surface area contributed by atoms with E-state index in [0.29, 0.717) is 0 Å². The summed E-state index contributed by atoms with van der Waals surface area (Å²) >= 11 is 0.